The Hall–Kier alpha value is -3.18. The predicted octanol–water partition coefficient (Wildman–Crippen LogP) is -0.563. The van der Waals surface area contributed by atoms with Crippen LogP contribution in [0.5, 0.6) is 0 Å². The van der Waals surface area contributed by atoms with Gasteiger partial charge in [-0.25, -0.2) is 4.79 Å². The second-order valence-corrected chi connectivity index (χ2v) is 17.5. The molecule has 6 N–H and O–H groups in total. The summed E-state index contributed by atoms with van der Waals surface area (Å²) in [7, 11) is 0. The Balaban J connectivity index is 1.27. The summed E-state index contributed by atoms with van der Waals surface area (Å²) in [5.41, 5.74) is -7.00. The Morgan fingerprint density at radius 2 is 1.58 bits per heavy atom. The van der Waals surface area contributed by atoms with Gasteiger partial charge in [0.05, 0.1) is 35.9 Å². The minimum absolute atomic E-state index is 0.313. The standard InChI is InChI=1S/C38H47NO14/c1-13-20-23(35(5)36(6,48)33(47)53-38(35)31(13)52-38)26(43)21-19-22(28(49-14(2)40)30(45)37(20,21)51-15(3)41)34(4)17(12-18-27(50-18)29(34)44)24(25(19)42)39-32(46)16-10-8-7-9-11-16/h7-11,13,17-31,42-45,48H,12H2,1-6H3,(H,39,46)/t13-,17?,18-,19-,20-,21+,22+,23-,24-,25+,26+,27-,28-,29-,30-,31+,34-,35-,36+,37-,38-/m0/s1. The number of hydrogen-bond acceptors (Lipinski definition) is 14. The van der Waals surface area contributed by atoms with Crippen molar-refractivity contribution >= 4 is 23.8 Å². The minimum Gasteiger partial charge on any atom is -0.459 e. The summed E-state index contributed by atoms with van der Waals surface area (Å²) >= 11 is 0. The average molecular weight is 742 g/mol. The average Bonchev–Trinajstić information content (AvgIpc) is 4.00. The molecular weight excluding hydrogens is 694 g/mol. The number of ether oxygens (including phenoxy) is 5. The summed E-state index contributed by atoms with van der Waals surface area (Å²) < 4.78 is 30.1. The van der Waals surface area contributed by atoms with Crippen LogP contribution in [0.2, 0.25) is 0 Å². The number of aliphatic hydroxyl groups excluding tert-OH is 4. The van der Waals surface area contributed by atoms with Crippen LogP contribution in [0, 0.1) is 52.3 Å². The highest BCUT2D eigenvalue weighted by atomic mass is 16.8. The molecule has 8 fully saturated rings. The largest absolute Gasteiger partial charge is 0.459 e. The first-order chi connectivity index (χ1) is 24.8. The molecule has 1 amide bonds. The fourth-order valence-corrected chi connectivity index (χ4v) is 13.3. The van der Waals surface area contributed by atoms with Crippen LogP contribution in [-0.4, -0.2) is 121 Å². The van der Waals surface area contributed by atoms with E-state index in [0.717, 1.165) is 13.8 Å². The van der Waals surface area contributed by atoms with E-state index in [1.54, 1.807) is 51.1 Å². The topological polar surface area (TPSA) is 234 Å². The van der Waals surface area contributed by atoms with Crippen molar-refractivity contribution in [3.63, 3.8) is 0 Å². The highest BCUT2D eigenvalue weighted by Crippen LogP contribution is 2.79. The Morgan fingerprint density at radius 3 is 2.23 bits per heavy atom. The number of rotatable bonds is 4. The van der Waals surface area contributed by atoms with Gasteiger partial charge in [-0.2, -0.15) is 0 Å². The van der Waals surface area contributed by atoms with Crippen LogP contribution < -0.4 is 5.32 Å². The van der Waals surface area contributed by atoms with Gasteiger partial charge >= 0.3 is 17.9 Å². The fraction of sp³-hybridized carbons (Fsp3) is 0.737. The maximum atomic E-state index is 13.9. The van der Waals surface area contributed by atoms with Gasteiger partial charge in [0.25, 0.3) is 5.91 Å². The van der Waals surface area contributed by atoms with Gasteiger partial charge < -0.3 is 54.5 Å². The molecule has 1 spiro atoms. The molecule has 3 saturated heterocycles. The van der Waals surface area contributed by atoms with Crippen molar-refractivity contribution in [3.8, 4) is 0 Å². The molecule has 5 saturated carbocycles. The van der Waals surface area contributed by atoms with E-state index in [-0.39, 0.29) is 6.10 Å². The molecule has 21 atom stereocenters. The normalized spacial score (nSPS) is 56.4. The first-order valence-electron chi connectivity index (χ1n) is 18.6. The van der Waals surface area contributed by atoms with Crippen molar-refractivity contribution < 1.29 is 68.4 Å². The first kappa shape index (κ1) is 35.5. The number of fused-ring (bicyclic) bond motifs is 9. The van der Waals surface area contributed by atoms with E-state index in [1.165, 1.54) is 6.92 Å². The van der Waals surface area contributed by atoms with E-state index in [4.69, 9.17) is 23.7 Å². The van der Waals surface area contributed by atoms with Gasteiger partial charge in [-0.15, -0.1) is 0 Å². The molecule has 1 aromatic rings. The fourth-order valence-electron chi connectivity index (χ4n) is 13.3. The van der Waals surface area contributed by atoms with Crippen molar-refractivity contribution in [2.24, 2.45) is 52.3 Å². The van der Waals surface area contributed by atoms with Gasteiger partial charge in [-0.3, -0.25) is 14.4 Å². The van der Waals surface area contributed by atoms with Crippen molar-refractivity contribution in [1.29, 1.82) is 0 Å². The third-order valence-electron chi connectivity index (χ3n) is 15.6. The Morgan fingerprint density at radius 1 is 0.906 bits per heavy atom. The quantitative estimate of drug-likeness (QED) is 0.129. The number of aliphatic hydroxyl groups is 5. The molecule has 1 unspecified atom stereocenters. The number of carbonyl (C=O) groups is 4. The number of carbonyl (C=O) groups excluding carboxylic acids is 4. The highest BCUT2D eigenvalue weighted by molar-refractivity contribution is 5.94. The van der Waals surface area contributed by atoms with Gasteiger partial charge in [0.1, 0.15) is 24.4 Å². The smallest absolute Gasteiger partial charge is 0.341 e. The van der Waals surface area contributed by atoms with Crippen LogP contribution >= 0.6 is 0 Å². The summed E-state index contributed by atoms with van der Waals surface area (Å²) in [4.78, 5) is 53.6. The van der Waals surface area contributed by atoms with E-state index in [9.17, 15) is 44.7 Å². The van der Waals surface area contributed by atoms with Gasteiger partial charge in [-0.05, 0) is 44.2 Å². The van der Waals surface area contributed by atoms with E-state index in [1.807, 2.05) is 0 Å². The summed E-state index contributed by atoms with van der Waals surface area (Å²) in [6, 6.07) is 7.33. The zero-order chi connectivity index (χ0) is 38.1. The maximum absolute atomic E-state index is 13.9. The molecule has 288 valence electrons. The molecular formula is C38H47NO14. The highest BCUT2D eigenvalue weighted by Gasteiger charge is 2.94. The summed E-state index contributed by atoms with van der Waals surface area (Å²) in [6.45, 7) is 8.67. The second kappa shape index (κ2) is 10.8. The molecule has 3 heterocycles. The number of esters is 3. The van der Waals surface area contributed by atoms with Crippen LogP contribution in [0.4, 0.5) is 0 Å². The van der Waals surface area contributed by atoms with Gasteiger partial charge in [0.15, 0.2) is 11.2 Å². The second-order valence-electron chi connectivity index (χ2n) is 17.5. The molecule has 1 aromatic carbocycles. The summed E-state index contributed by atoms with van der Waals surface area (Å²) in [5, 5.41) is 65.8. The molecule has 0 bridgehead atoms. The summed E-state index contributed by atoms with van der Waals surface area (Å²) in [5.74, 6) is -11.9. The summed E-state index contributed by atoms with van der Waals surface area (Å²) in [6.07, 6.45) is -9.20. The molecule has 0 aromatic heterocycles. The van der Waals surface area contributed by atoms with Crippen LogP contribution in [0.15, 0.2) is 30.3 Å². The lowest BCUT2D eigenvalue weighted by atomic mass is 9.42. The van der Waals surface area contributed by atoms with Crippen LogP contribution in [0.3, 0.4) is 0 Å². The maximum Gasteiger partial charge on any atom is 0.341 e. The van der Waals surface area contributed by atoms with Gasteiger partial charge in [-0.1, -0.05) is 32.0 Å². The third kappa shape index (κ3) is 3.99. The Bertz CT molecular complexity index is 1790. The molecule has 0 radical (unpaired) electrons. The SMILES string of the molecule is CC(=O)O[C@H]1[C@H]2[C@@H]([C@@H](O)[C@@H](NC(=O)c3ccccc3)C3C[C@@H]4O[C@@H]4[C@H](O)[C@@]32C)[C@@H]2[C@@H](O)[C@@H]3[C@H]([C@H](C)[C@H]4O[C@]45OC(=O)[C@@](C)(O)[C@]35C)[C@@]2(OC(C)=O)[C@H]1O. The number of hydrogen-bond donors (Lipinski definition) is 6. The molecule has 53 heavy (non-hydrogen) atoms. The molecule has 8 aliphatic rings. The molecule has 5 aliphatic carbocycles. The van der Waals surface area contributed by atoms with E-state index in [2.05, 4.69) is 5.32 Å². The number of amides is 1. The molecule has 3 aliphatic heterocycles. The van der Waals surface area contributed by atoms with Crippen LogP contribution in [0.1, 0.15) is 58.3 Å². The van der Waals surface area contributed by atoms with Crippen LogP contribution in [-0.2, 0) is 38.1 Å². The first-order valence-corrected chi connectivity index (χ1v) is 18.6. The van der Waals surface area contributed by atoms with Crippen molar-refractivity contribution in [2.45, 2.75) is 120 Å². The lowest BCUT2D eigenvalue weighted by Gasteiger charge is -2.66. The zero-order valence-electron chi connectivity index (χ0n) is 30.2. The Kier molecular flexibility index (Phi) is 7.22. The van der Waals surface area contributed by atoms with E-state index in [0.29, 0.717) is 12.0 Å². The van der Waals surface area contributed by atoms with Crippen molar-refractivity contribution in [3.05, 3.63) is 35.9 Å². The molecule has 15 nitrogen and oxygen atoms in total. The number of epoxide rings is 2. The minimum atomic E-state index is -2.22. The molecule has 9 rings (SSSR count). The predicted molar refractivity (Wildman–Crippen MR) is 176 cm³/mol. The zero-order valence-corrected chi connectivity index (χ0v) is 30.2. The lowest BCUT2D eigenvalue weighted by Crippen LogP contribution is -2.79. The van der Waals surface area contributed by atoms with Crippen molar-refractivity contribution in [2.75, 3.05) is 0 Å². The Labute approximate surface area is 305 Å². The van der Waals surface area contributed by atoms with E-state index < -0.39 is 142 Å². The number of nitrogens with one attached hydrogen (secondary N) is 1. The monoisotopic (exact) mass is 741 g/mol. The lowest BCUT2D eigenvalue weighted by molar-refractivity contribution is -0.305. The third-order valence-corrected chi connectivity index (χ3v) is 15.6. The number of benzene rings is 1. The van der Waals surface area contributed by atoms with E-state index >= 15 is 0 Å². The van der Waals surface area contributed by atoms with Crippen LogP contribution in [0.25, 0.3) is 0 Å². The molecule has 15 heteroatoms. The van der Waals surface area contributed by atoms with Crippen molar-refractivity contribution in [1.82, 2.24) is 5.32 Å². The van der Waals surface area contributed by atoms with Gasteiger partial charge in [0, 0.05) is 54.4 Å². The van der Waals surface area contributed by atoms with Gasteiger partial charge in [0.2, 0.25) is 5.79 Å².